The molecule has 0 fully saturated rings. The average Bonchev–Trinajstić information content (AvgIpc) is 2.29. The van der Waals surface area contributed by atoms with E-state index >= 15 is 0 Å². The van der Waals surface area contributed by atoms with Gasteiger partial charge in [0.25, 0.3) is 0 Å². The number of pyridine rings is 1. The van der Waals surface area contributed by atoms with E-state index < -0.39 is 0 Å². The number of rotatable bonds is 4. The molecule has 0 saturated heterocycles. The fourth-order valence-electron chi connectivity index (χ4n) is 1.65. The maximum atomic E-state index is 5.90. The lowest BCUT2D eigenvalue weighted by Gasteiger charge is -2.09. The normalized spacial score (nSPS) is 12.6. The molecule has 1 unspecified atom stereocenters. The highest BCUT2D eigenvalue weighted by atomic mass is 35.5. The summed E-state index contributed by atoms with van der Waals surface area (Å²) in [6.07, 6.45) is 2.77. The molecule has 1 N–H and O–H groups in total. The molecule has 2 nitrogen and oxygen atoms in total. The fraction of sp³-hybridized carbons (Fsp3) is 0.308. The van der Waals surface area contributed by atoms with Crippen molar-refractivity contribution in [2.24, 2.45) is 0 Å². The van der Waals surface area contributed by atoms with E-state index in [1.807, 2.05) is 31.3 Å². The van der Waals surface area contributed by atoms with Crippen LogP contribution in [-0.4, -0.2) is 16.9 Å². The van der Waals surface area contributed by atoms with Crippen molar-refractivity contribution in [3.8, 4) is 0 Å². The Morgan fingerprint density at radius 3 is 2.94 bits per heavy atom. The van der Waals surface area contributed by atoms with Gasteiger partial charge in [-0.3, -0.25) is 0 Å². The lowest BCUT2D eigenvalue weighted by Crippen LogP contribution is -2.07. The van der Waals surface area contributed by atoms with Crippen molar-refractivity contribution in [2.75, 3.05) is 11.9 Å². The minimum Gasteiger partial charge on any atom is -0.370 e. The van der Waals surface area contributed by atoms with E-state index in [9.17, 15) is 0 Å². The molecule has 0 aliphatic rings. The second-order valence-corrected chi connectivity index (χ2v) is 4.62. The predicted octanol–water partition coefficient (Wildman–Crippen LogP) is 3.66. The predicted molar refractivity (Wildman–Crippen MR) is 70.2 cm³/mol. The van der Waals surface area contributed by atoms with E-state index in [1.165, 1.54) is 5.39 Å². The second kappa shape index (κ2) is 5.17. The first-order chi connectivity index (χ1) is 7.77. The van der Waals surface area contributed by atoms with Gasteiger partial charge in [-0.25, -0.2) is 4.98 Å². The molecule has 1 atom stereocenters. The van der Waals surface area contributed by atoms with Gasteiger partial charge in [-0.2, -0.15) is 0 Å². The van der Waals surface area contributed by atoms with Crippen molar-refractivity contribution in [1.29, 1.82) is 0 Å². The van der Waals surface area contributed by atoms with Gasteiger partial charge in [0.2, 0.25) is 0 Å². The van der Waals surface area contributed by atoms with Gasteiger partial charge in [-0.1, -0.05) is 24.3 Å². The molecule has 0 amide bonds. The highest BCUT2D eigenvalue weighted by molar-refractivity contribution is 6.20. The van der Waals surface area contributed by atoms with E-state index in [2.05, 4.69) is 22.4 Å². The van der Waals surface area contributed by atoms with Gasteiger partial charge in [0.1, 0.15) is 5.82 Å². The molecule has 2 rings (SSSR count). The van der Waals surface area contributed by atoms with E-state index in [1.54, 1.807) is 0 Å². The van der Waals surface area contributed by atoms with Crippen LogP contribution in [0.15, 0.2) is 36.5 Å². The quantitative estimate of drug-likeness (QED) is 0.817. The smallest absolute Gasteiger partial charge is 0.133 e. The van der Waals surface area contributed by atoms with Gasteiger partial charge < -0.3 is 5.32 Å². The zero-order valence-electron chi connectivity index (χ0n) is 9.28. The minimum absolute atomic E-state index is 0.197. The van der Waals surface area contributed by atoms with E-state index in [4.69, 9.17) is 11.6 Å². The Kier molecular flexibility index (Phi) is 3.62. The van der Waals surface area contributed by atoms with Crippen molar-refractivity contribution in [3.63, 3.8) is 0 Å². The summed E-state index contributed by atoms with van der Waals surface area (Å²) in [4.78, 5) is 4.35. The molecule has 84 valence electrons. The third-order valence-corrected chi connectivity index (χ3v) is 2.73. The summed E-state index contributed by atoms with van der Waals surface area (Å²) < 4.78 is 0. The maximum Gasteiger partial charge on any atom is 0.133 e. The lowest BCUT2D eigenvalue weighted by molar-refractivity contribution is 0.840. The number of fused-ring (bicyclic) bond motifs is 1. The maximum absolute atomic E-state index is 5.90. The van der Waals surface area contributed by atoms with Crippen LogP contribution < -0.4 is 5.32 Å². The van der Waals surface area contributed by atoms with Crippen molar-refractivity contribution >= 4 is 28.2 Å². The Hall–Kier alpha value is -1.28. The third kappa shape index (κ3) is 2.64. The van der Waals surface area contributed by atoms with Crippen LogP contribution in [0.2, 0.25) is 0 Å². The Labute approximate surface area is 101 Å². The van der Waals surface area contributed by atoms with Gasteiger partial charge in [0.05, 0.1) is 0 Å². The van der Waals surface area contributed by atoms with Gasteiger partial charge in [-0.05, 0) is 24.8 Å². The summed E-state index contributed by atoms with van der Waals surface area (Å²) in [5.74, 6) is 0.940. The molecule has 0 bridgehead atoms. The lowest BCUT2D eigenvalue weighted by atomic mass is 10.1. The number of nitrogens with one attached hydrogen (secondary N) is 1. The molecule has 1 aromatic heterocycles. The second-order valence-electron chi connectivity index (χ2n) is 3.88. The summed E-state index contributed by atoms with van der Waals surface area (Å²) in [5.41, 5.74) is 0. The zero-order chi connectivity index (χ0) is 11.4. The Morgan fingerprint density at radius 1 is 1.31 bits per heavy atom. The Balaban J connectivity index is 2.17. The summed E-state index contributed by atoms with van der Waals surface area (Å²) in [7, 11) is 0. The third-order valence-electron chi connectivity index (χ3n) is 2.51. The van der Waals surface area contributed by atoms with Crippen LogP contribution in [0.5, 0.6) is 0 Å². The molecule has 2 aromatic rings. The first kappa shape index (κ1) is 11.2. The number of benzene rings is 1. The highest BCUT2D eigenvalue weighted by Gasteiger charge is 2.01. The van der Waals surface area contributed by atoms with Gasteiger partial charge >= 0.3 is 0 Å². The Bertz CT molecular complexity index is 463. The average molecular weight is 235 g/mol. The van der Waals surface area contributed by atoms with Crippen molar-refractivity contribution in [3.05, 3.63) is 36.5 Å². The van der Waals surface area contributed by atoms with Crippen LogP contribution in [0.1, 0.15) is 13.3 Å². The van der Waals surface area contributed by atoms with E-state index in [0.717, 1.165) is 24.2 Å². The zero-order valence-corrected chi connectivity index (χ0v) is 10.0. The van der Waals surface area contributed by atoms with E-state index in [0.29, 0.717) is 0 Å². The summed E-state index contributed by atoms with van der Waals surface area (Å²) >= 11 is 5.90. The largest absolute Gasteiger partial charge is 0.370 e. The SMILES string of the molecule is CC(Cl)CCNc1nccc2ccccc12. The molecule has 3 heteroatoms. The van der Waals surface area contributed by atoms with Crippen LogP contribution in [0.3, 0.4) is 0 Å². The molecule has 0 spiro atoms. The minimum atomic E-state index is 0.197. The number of hydrogen-bond donors (Lipinski definition) is 1. The number of aromatic nitrogens is 1. The monoisotopic (exact) mass is 234 g/mol. The van der Waals surface area contributed by atoms with Gasteiger partial charge in [0, 0.05) is 23.5 Å². The molecule has 1 heterocycles. The van der Waals surface area contributed by atoms with Crippen LogP contribution >= 0.6 is 11.6 Å². The van der Waals surface area contributed by atoms with Crippen LogP contribution in [-0.2, 0) is 0 Å². The molecule has 0 saturated carbocycles. The number of anilines is 1. The molecule has 0 aliphatic carbocycles. The summed E-state index contributed by atoms with van der Waals surface area (Å²) in [6, 6.07) is 10.2. The topological polar surface area (TPSA) is 24.9 Å². The number of halogens is 1. The van der Waals surface area contributed by atoms with Gasteiger partial charge in [-0.15, -0.1) is 11.6 Å². The fourth-order valence-corrected chi connectivity index (χ4v) is 1.76. The van der Waals surface area contributed by atoms with Gasteiger partial charge in [0.15, 0.2) is 0 Å². The molecular formula is C13H15ClN2. The van der Waals surface area contributed by atoms with Crippen molar-refractivity contribution < 1.29 is 0 Å². The van der Waals surface area contributed by atoms with Crippen molar-refractivity contribution in [1.82, 2.24) is 4.98 Å². The Morgan fingerprint density at radius 2 is 2.12 bits per heavy atom. The van der Waals surface area contributed by atoms with Crippen molar-refractivity contribution in [2.45, 2.75) is 18.7 Å². The van der Waals surface area contributed by atoms with Crippen LogP contribution in [0, 0.1) is 0 Å². The first-order valence-corrected chi connectivity index (χ1v) is 5.92. The number of hydrogen-bond acceptors (Lipinski definition) is 2. The first-order valence-electron chi connectivity index (χ1n) is 5.49. The number of alkyl halides is 1. The van der Waals surface area contributed by atoms with E-state index in [-0.39, 0.29) is 5.38 Å². The molecule has 1 aromatic carbocycles. The summed E-state index contributed by atoms with van der Waals surface area (Å²) in [6.45, 7) is 2.85. The summed E-state index contributed by atoms with van der Waals surface area (Å²) in [5, 5.41) is 5.89. The molecule has 0 aliphatic heterocycles. The standard InChI is InChI=1S/C13H15ClN2/c1-10(14)6-8-15-13-12-5-3-2-4-11(12)7-9-16-13/h2-5,7,9-10H,6,8H2,1H3,(H,15,16). The van der Waals surface area contributed by atoms with Crippen LogP contribution in [0.25, 0.3) is 10.8 Å². The molecule has 0 radical (unpaired) electrons. The number of nitrogens with zero attached hydrogens (tertiary/aromatic N) is 1. The molecular weight excluding hydrogens is 220 g/mol. The van der Waals surface area contributed by atoms with Crippen LogP contribution in [0.4, 0.5) is 5.82 Å². The molecule has 16 heavy (non-hydrogen) atoms. The highest BCUT2D eigenvalue weighted by Crippen LogP contribution is 2.20.